The smallest absolute Gasteiger partial charge is 0.286 e. The second-order valence-electron chi connectivity index (χ2n) is 8.55. The maximum absolute atomic E-state index is 12.8. The Bertz CT molecular complexity index is 1250. The Kier molecular flexibility index (Phi) is 7.14. The summed E-state index contributed by atoms with van der Waals surface area (Å²) >= 11 is 1.47. The molecular weight excluding hydrogens is 456 g/mol. The highest BCUT2D eigenvalue weighted by Crippen LogP contribution is 2.34. The van der Waals surface area contributed by atoms with E-state index in [0.29, 0.717) is 11.5 Å². The quantitative estimate of drug-likeness (QED) is 0.320. The molecule has 1 saturated heterocycles. The van der Waals surface area contributed by atoms with Gasteiger partial charge in [-0.1, -0.05) is 43.7 Å². The van der Waals surface area contributed by atoms with E-state index in [2.05, 4.69) is 16.5 Å². The molecule has 0 spiro atoms. The molecule has 0 atom stereocenters. The lowest BCUT2D eigenvalue weighted by Crippen LogP contribution is -2.28. The Morgan fingerprint density at radius 1 is 1.00 bits per heavy atom. The largest absolute Gasteiger partial charge is 0.490 e. The fraction of sp³-hybridized carbons (Fsp3) is 0.250. The number of carbonyl (C=O) groups excluding carboxylic acids is 1. The van der Waals surface area contributed by atoms with Gasteiger partial charge in [-0.25, -0.2) is 4.68 Å². The minimum Gasteiger partial charge on any atom is -0.490 e. The number of aliphatic imine (C=N–C) groups is 1. The van der Waals surface area contributed by atoms with Gasteiger partial charge in [0.15, 0.2) is 5.17 Å². The van der Waals surface area contributed by atoms with Crippen molar-refractivity contribution in [3.05, 3.63) is 83.9 Å². The second kappa shape index (κ2) is 10.8. The normalized spacial score (nSPS) is 17.4. The minimum atomic E-state index is -0.180. The summed E-state index contributed by atoms with van der Waals surface area (Å²) in [4.78, 5) is 20.1. The molecule has 5 rings (SSSR count). The third-order valence-corrected chi connectivity index (χ3v) is 7.08. The molecule has 35 heavy (non-hydrogen) atoms. The highest BCUT2D eigenvalue weighted by molar-refractivity contribution is 8.18. The Labute approximate surface area is 210 Å². The van der Waals surface area contributed by atoms with Crippen molar-refractivity contribution in [2.75, 3.05) is 19.7 Å². The number of aromatic nitrogens is 2. The lowest BCUT2D eigenvalue weighted by molar-refractivity contribution is -0.113. The van der Waals surface area contributed by atoms with Gasteiger partial charge < -0.3 is 9.64 Å². The van der Waals surface area contributed by atoms with Gasteiger partial charge in [0.05, 0.1) is 16.3 Å². The number of amides is 1. The van der Waals surface area contributed by atoms with Gasteiger partial charge in [-0.15, -0.1) is 0 Å². The van der Waals surface area contributed by atoms with Crippen molar-refractivity contribution in [1.29, 1.82) is 0 Å². The summed E-state index contributed by atoms with van der Waals surface area (Å²) in [5, 5.41) is 5.70. The maximum atomic E-state index is 12.8. The topological polar surface area (TPSA) is 59.7 Å². The van der Waals surface area contributed by atoms with Gasteiger partial charge in [-0.2, -0.15) is 10.1 Å². The van der Waals surface area contributed by atoms with Gasteiger partial charge in [0.25, 0.3) is 5.91 Å². The van der Waals surface area contributed by atoms with E-state index in [1.807, 2.05) is 71.6 Å². The molecule has 1 amide bonds. The Morgan fingerprint density at radius 2 is 1.74 bits per heavy atom. The fourth-order valence-electron chi connectivity index (χ4n) is 4.23. The van der Waals surface area contributed by atoms with Crippen LogP contribution in [0.5, 0.6) is 5.75 Å². The Hall–Kier alpha value is -3.58. The number of likely N-dealkylation sites (tertiary alicyclic amines) is 1. The standard InChI is InChI=1S/C28H28N4O2S/c1-2-18-34-24-14-12-21(13-15-24)26-22(20-32(30-26)23-10-6-5-7-11-23)19-25-27(33)29-28(35-25)31-16-8-3-4-9-17-31/h2,5-7,10-15,19-20H,1,3-4,8-9,16-18H2/b25-19+. The van der Waals surface area contributed by atoms with Crippen LogP contribution in [0.15, 0.2) is 83.3 Å². The second-order valence-corrected chi connectivity index (χ2v) is 9.56. The van der Waals surface area contributed by atoms with E-state index in [-0.39, 0.29) is 5.91 Å². The number of nitrogens with zero attached hydrogens (tertiary/aromatic N) is 4. The molecule has 1 aromatic heterocycles. The molecule has 0 aliphatic carbocycles. The first kappa shape index (κ1) is 23.2. The molecular formula is C28H28N4O2S. The zero-order chi connectivity index (χ0) is 24.0. The first-order valence-corrected chi connectivity index (χ1v) is 12.8. The monoisotopic (exact) mass is 484 g/mol. The number of amidine groups is 1. The number of thioether (sulfide) groups is 1. The molecule has 0 N–H and O–H groups in total. The zero-order valence-electron chi connectivity index (χ0n) is 19.6. The summed E-state index contributed by atoms with van der Waals surface area (Å²) in [6.45, 7) is 6.07. The van der Waals surface area contributed by atoms with Crippen molar-refractivity contribution in [2.45, 2.75) is 25.7 Å². The van der Waals surface area contributed by atoms with Crippen molar-refractivity contribution in [2.24, 2.45) is 4.99 Å². The molecule has 0 saturated carbocycles. The van der Waals surface area contributed by atoms with Gasteiger partial charge in [0.1, 0.15) is 12.4 Å². The summed E-state index contributed by atoms with van der Waals surface area (Å²) in [5.74, 6) is 0.592. The number of rotatable bonds is 6. The molecule has 0 radical (unpaired) electrons. The van der Waals surface area contributed by atoms with E-state index in [0.717, 1.165) is 59.4 Å². The average Bonchev–Trinajstić information content (AvgIpc) is 3.36. The van der Waals surface area contributed by atoms with E-state index >= 15 is 0 Å². The summed E-state index contributed by atoms with van der Waals surface area (Å²) < 4.78 is 7.48. The molecule has 178 valence electrons. The Balaban J connectivity index is 1.47. The average molecular weight is 485 g/mol. The van der Waals surface area contributed by atoms with Gasteiger partial charge in [0.2, 0.25) is 0 Å². The van der Waals surface area contributed by atoms with Crippen LogP contribution >= 0.6 is 11.8 Å². The van der Waals surface area contributed by atoms with Crippen molar-refractivity contribution < 1.29 is 9.53 Å². The fourth-order valence-corrected chi connectivity index (χ4v) is 5.19. The zero-order valence-corrected chi connectivity index (χ0v) is 20.4. The van der Waals surface area contributed by atoms with Crippen molar-refractivity contribution in [1.82, 2.24) is 14.7 Å². The van der Waals surface area contributed by atoms with Crippen LogP contribution in [-0.2, 0) is 4.79 Å². The summed E-state index contributed by atoms with van der Waals surface area (Å²) in [7, 11) is 0. The number of para-hydroxylation sites is 1. The van der Waals surface area contributed by atoms with Crippen LogP contribution in [0, 0.1) is 0 Å². The number of ether oxygens (including phenoxy) is 1. The molecule has 2 aliphatic rings. The molecule has 2 aliphatic heterocycles. The summed E-state index contributed by atoms with van der Waals surface area (Å²) in [5.41, 5.74) is 3.57. The molecule has 7 heteroatoms. The van der Waals surface area contributed by atoms with Gasteiger partial charge in [-0.05, 0) is 67.1 Å². The lowest BCUT2D eigenvalue weighted by atomic mass is 10.1. The molecule has 0 bridgehead atoms. The lowest BCUT2D eigenvalue weighted by Gasteiger charge is -2.20. The molecule has 1 fully saturated rings. The van der Waals surface area contributed by atoms with Crippen molar-refractivity contribution in [3.8, 4) is 22.7 Å². The molecule has 0 unspecified atom stereocenters. The number of hydrogen-bond acceptors (Lipinski definition) is 5. The molecule has 2 aromatic carbocycles. The Morgan fingerprint density at radius 3 is 2.46 bits per heavy atom. The highest BCUT2D eigenvalue weighted by atomic mass is 32.2. The van der Waals surface area contributed by atoms with Crippen LogP contribution < -0.4 is 4.74 Å². The van der Waals surface area contributed by atoms with E-state index in [9.17, 15) is 4.79 Å². The number of hydrogen-bond donors (Lipinski definition) is 0. The van der Waals surface area contributed by atoms with Crippen LogP contribution in [-0.4, -0.2) is 45.5 Å². The first-order valence-electron chi connectivity index (χ1n) is 12.0. The number of carbonyl (C=O) groups is 1. The maximum Gasteiger partial charge on any atom is 0.286 e. The SMILES string of the molecule is C=CCOc1ccc(-c2nn(-c3ccccc3)cc2/C=C2/SC(N3CCCCCC3)=NC2=O)cc1. The molecule has 3 heterocycles. The van der Waals surface area contributed by atoms with Crippen LogP contribution in [0.1, 0.15) is 31.2 Å². The van der Waals surface area contributed by atoms with Crippen molar-refractivity contribution in [3.63, 3.8) is 0 Å². The third kappa shape index (κ3) is 5.41. The van der Waals surface area contributed by atoms with Crippen LogP contribution in [0.3, 0.4) is 0 Å². The van der Waals surface area contributed by atoms with E-state index in [1.165, 1.54) is 24.6 Å². The predicted molar refractivity (Wildman–Crippen MR) is 143 cm³/mol. The van der Waals surface area contributed by atoms with E-state index in [4.69, 9.17) is 9.84 Å². The van der Waals surface area contributed by atoms with Crippen LogP contribution in [0.2, 0.25) is 0 Å². The molecule has 3 aromatic rings. The van der Waals surface area contributed by atoms with E-state index < -0.39 is 0 Å². The summed E-state index contributed by atoms with van der Waals surface area (Å²) in [6.07, 6.45) is 10.4. The van der Waals surface area contributed by atoms with Crippen LogP contribution in [0.25, 0.3) is 23.0 Å². The number of benzene rings is 2. The van der Waals surface area contributed by atoms with Crippen LogP contribution in [0.4, 0.5) is 0 Å². The minimum absolute atomic E-state index is 0.180. The predicted octanol–water partition coefficient (Wildman–Crippen LogP) is 5.95. The van der Waals surface area contributed by atoms with E-state index in [1.54, 1.807) is 6.08 Å². The highest BCUT2D eigenvalue weighted by Gasteiger charge is 2.27. The first-order chi connectivity index (χ1) is 17.2. The molecule has 6 nitrogen and oxygen atoms in total. The van der Waals surface area contributed by atoms with Gasteiger partial charge >= 0.3 is 0 Å². The van der Waals surface area contributed by atoms with Gasteiger partial charge in [-0.3, -0.25) is 4.79 Å². The van der Waals surface area contributed by atoms with Gasteiger partial charge in [0, 0.05) is 30.4 Å². The summed E-state index contributed by atoms with van der Waals surface area (Å²) in [6, 6.07) is 17.8. The van der Waals surface area contributed by atoms with Crippen molar-refractivity contribution >= 4 is 28.9 Å². The third-order valence-electron chi connectivity index (χ3n) is 6.03.